The lowest BCUT2D eigenvalue weighted by atomic mass is 10.0. The third kappa shape index (κ3) is 3.64. The lowest BCUT2D eigenvalue weighted by Gasteiger charge is -2.12. The largest absolute Gasteiger partial charge is 0.320 e. The van der Waals surface area contributed by atoms with E-state index in [9.17, 15) is 4.39 Å². The lowest BCUT2D eigenvalue weighted by molar-refractivity contribution is 0.627. The van der Waals surface area contributed by atoms with Gasteiger partial charge >= 0.3 is 0 Å². The number of benzene rings is 1. The molecule has 3 nitrogen and oxygen atoms in total. The van der Waals surface area contributed by atoms with Gasteiger partial charge in [0.1, 0.15) is 5.82 Å². The van der Waals surface area contributed by atoms with Gasteiger partial charge in [0.25, 0.3) is 0 Å². The number of hydrogen-bond acceptors (Lipinski definition) is 3. The van der Waals surface area contributed by atoms with Crippen molar-refractivity contribution in [2.75, 3.05) is 13.6 Å². The van der Waals surface area contributed by atoms with E-state index in [2.05, 4.69) is 15.3 Å². The zero-order valence-electron chi connectivity index (χ0n) is 13.1. The van der Waals surface area contributed by atoms with Crippen LogP contribution in [0, 0.1) is 26.6 Å². The summed E-state index contributed by atoms with van der Waals surface area (Å²) < 4.78 is 13.5. The van der Waals surface area contributed by atoms with E-state index in [1.54, 1.807) is 6.07 Å². The van der Waals surface area contributed by atoms with Crippen molar-refractivity contribution in [2.24, 2.45) is 0 Å². The van der Waals surface area contributed by atoms with Crippen molar-refractivity contribution in [3.63, 3.8) is 0 Å². The van der Waals surface area contributed by atoms with Gasteiger partial charge in [-0.3, -0.25) is 0 Å². The van der Waals surface area contributed by atoms with Gasteiger partial charge in [0, 0.05) is 17.0 Å². The van der Waals surface area contributed by atoms with Gasteiger partial charge in [0.15, 0.2) is 5.82 Å². The number of rotatable bonds is 5. The first kappa shape index (κ1) is 15.6. The minimum Gasteiger partial charge on any atom is -0.320 e. The molecule has 0 radical (unpaired) electrons. The molecule has 1 N–H and O–H groups in total. The molecule has 0 aliphatic carbocycles. The zero-order valence-corrected chi connectivity index (χ0v) is 13.1. The molecular weight excluding hydrogens is 265 g/mol. The van der Waals surface area contributed by atoms with E-state index >= 15 is 0 Å². The first-order valence-electron chi connectivity index (χ1n) is 7.28. The van der Waals surface area contributed by atoms with Crippen molar-refractivity contribution in [2.45, 2.75) is 33.6 Å². The molecule has 0 aliphatic heterocycles. The minimum absolute atomic E-state index is 0.257. The summed E-state index contributed by atoms with van der Waals surface area (Å²) in [5.41, 5.74) is 4.92. The molecule has 1 aromatic carbocycles. The molecule has 1 aromatic heterocycles. The second-order valence-electron chi connectivity index (χ2n) is 5.36. The summed E-state index contributed by atoms with van der Waals surface area (Å²) in [5, 5.41) is 3.15. The molecule has 0 unspecified atom stereocenters. The van der Waals surface area contributed by atoms with E-state index in [1.807, 2.05) is 27.8 Å². The fraction of sp³-hybridized carbons (Fsp3) is 0.412. The smallest absolute Gasteiger partial charge is 0.159 e. The van der Waals surface area contributed by atoms with E-state index in [4.69, 9.17) is 0 Å². The molecule has 0 amide bonds. The number of nitrogens with one attached hydrogen (secondary N) is 1. The average Bonchev–Trinajstić information content (AvgIpc) is 2.44. The Bertz CT molecular complexity index is 615. The molecule has 0 bridgehead atoms. The third-order valence-electron chi connectivity index (χ3n) is 3.71. The summed E-state index contributed by atoms with van der Waals surface area (Å²) in [6.45, 7) is 6.93. The highest BCUT2D eigenvalue weighted by Gasteiger charge is 2.12. The highest BCUT2D eigenvalue weighted by molar-refractivity contribution is 5.60. The van der Waals surface area contributed by atoms with Gasteiger partial charge in [0.05, 0.1) is 0 Å². The van der Waals surface area contributed by atoms with Crippen molar-refractivity contribution >= 4 is 0 Å². The van der Waals surface area contributed by atoms with Crippen LogP contribution in [0.2, 0.25) is 0 Å². The maximum atomic E-state index is 13.5. The van der Waals surface area contributed by atoms with E-state index in [-0.39, 0.29) is 5.82 Å². The summed E-state index contributed by atoms with van der Waals surface area (Å²) >= 11 is 0. The first-order chi connectivity index (χ1) is 10.0. The summed E-state index contributed by atoms with van der Waals surface area (Å²) in [4.78, 5) is 9.17. The van der Waals surface area contributed by atoms with Gasteiger partial charge in [-0.2, -0.15) is 0 Å². The standard InChI is InChI=1S/C17H22FN3/c1-11-7-8-14(18)10-16(11)17-20-12(2)15(13(3)21-17)6-5-9-19-4/h7-8,10,19H,5-6,9H2,1-4H3. The molecule has 0 fully saturated rings. The quantitative estimate of drug-likeness (QED) is 0.857. The van der Waals surface area contributed by atoms with Gasteiger partial charge in [-0.1, -0.05) is 6.07 Å². The second-order valence-corrected chi connectivity index (χ2v) is 5.36. The Kier molecular flexibility index (Phi) is 5.02. The van der Waals surface area contributed by atoms with Crippen molar-refractivity contribution in [3.05, 3.63) is 46.5 Å². The highest BCUT2D eigenvalue weighted by atomic mass is 19.1. The van der Waals surface area contributed by atoms with Crippen LogP contribution in [0.3, 0.4) is 0 Å². The van der Waals surface area contributed by atoms with Crippen LogP contribution in [0.1, 0.15) is 28.9 Å². The first-order valence-corrected chi connectivity index (χ1v) is 7.28. The Morgan fingerprint density at radius 2 is 1.76 bits per heavy atom. The van der Waals surface area contributed by atoms with Crippen LogP contribution >= 0.6 is 0 Å². The maximum Gasteiger partial charge on any atom is 0.159 e. The molecule has 2 rings (SSSR count). The van der Waals surface area contributed by atoms with Crippen LogP contribution in [-0.4, -0.2) is 23.6 Å². The molecule has 21 heavy (non-hydrogen) atoms. The third-order valence-corrected chi connectivity index (χ3v) is 3.71. The molecule has 0 saturated carbocycles. The predicted octanol–water partition coefficient (Wildman–Crippen LogP) is 3.36. The molecule has 0 spiro atoms. The number of aromatic nitrogens is 2. The van der Waals surface area contributed by atoms with Gasteiger partial charge in [-0.05, 0) is 70.5 Å². The Morgan fingerprint density at radius 1 is 1.10 bits per heavy atom. The van der Waals surface area contributed by atoms with Crippen LogP contribution in [0.15, 0.2) is 18.2 Å². The predicted molar refractivity (Wildman–Crippen MR) is 83.9 cm³/mol. The fourth-order valence-corrected chi connectivity index (χ4v) is 2.50. The van der Waals surface area contributed by atoms with Crippen LogP contribution in [0.5, 0.6) is 0 Å². The SMILES string of the molecule is CNCCCc1c(C)nc(-c2cc(F)ccc2C)nc1C. The summed E-state index contributed by atoms with van der Waals surface area (Å²) in [7, 11) is 1.95. The van der Waals surface area contributed by atoms with Crippen molar-refractivity contribution in [3.8, 4) is 11.4 Å². The van der Waals surface area contributed by atoms with Gasteiger partial charge in [-0.15, -0.1) is 0 Å². The van der Waals surface area contributed by atoms with E-state index in [0.717, 1.165) is 41.9 Å². The molecule has 4 heteroatoms. The minimum atomic E-state index is -0.257. The van der Waals surface area contributed by atoms with Crippen LogP contribution in [0.25, 0.3) is 11.4 Å². The van der Waals surface area contributed by atoms with Gasteiger partial charge < -0.3 is 5.32 Å². The second kappa shape index (κ2) is 6.76. The Morgan fingerprint density at radius 3 is 2.38 bits per heavy atom. The van der Waals surface area contributed by atoms with E-state index < -0.39 is 0 Å². The Hall–Kier alpha value is -1.81. The molecule has 1 heterocycles. The maximum absolute atomic E-state index is 13.5. The highest BCUT2D eigenvalue weighted by Crippen LogP contribution is 2.23. The summed E-state index contributed by atoms with van der Waals surface area (Å²) in [6.07, 6.45) is 2.01. The van der Waals surface area contributed by atoms with Crippen molar-refractivity contribution in [1.82, 2.24) is 15.3 Å². The molecule has 0 aliphatic rings. The molecule has 0 atom stereocenters. The molecule has 112 valence electrons. The monoisotopic (exact) mass is 287 g/mol. The van der Waals surface area contributed by atoms with Crippen LogP contribution < -0.4 is 5.32 Å². The lowest BCUT2D eigenvalue weighted by Crippen LogP contribution is -2.10. The number of halogens is 1. The normalized spacial score (nSPS) is 10.9. The topological polar surface area (TPSA) is 37.8 Å². The van der Waals surface area contributed by atoms with Gasteiger partial charge in [0.2, 0.25) is 0 Å². The van der Waals surface area contributed by atoms with Crippen LogP contribution in [-0.2, 0) is 6.42 Å². The Labute approximate surface area is 125 Å². The van der Waals surface area contributed by atoms with Crippen LogP contribution in [0.4, 0.5) is 4.39 Å². The Balaban J connectivity index is 2.37. The number of aryl methyl sites for hydroxylation is 3. The molecule has 0 saturated heterocycles. The van der Waals surface area contributed by atoms with E-state index in [0.29, 0.717) is 5.82 Å². The summed E-state index contributed by atoms with van der Waals surface area (Å²) in [5.74, 6) is 0.354. The summed E-state index contributed by atoms with van der Waals surface area (Å²) in [6, 6.07) is 4.73. The zero-order chi connectivity index (χ0) is 15.4. The molecule has 2 aromatic rings. The van der Waals surface area contributed by atoms with Crippen molar-refractivity contribution < 1.29 is 4.39 Å². The fourth-order valence-electron chi connectivity index (χ4n) is 2.50. The van der Waals surface area contributed by atoms with Gasteiger partial charge in [-0.25, -0.2) is 14.4 Å². The number of nitrogens with zero attached hydrogens (tertiary/aromatic N) is 2. The molecular formula is C17H22FN3. The van der Waals surface area contributed by atoms with Crippen molar-refractivity contribution in [1.29, 1.82) is 0 Å². The average molecular weight is 287 g/mol. The van der Waals surface area contributed by atoms with E-state index in [1.165, 1.54) is 17.7 Å². The number of hydrogen-bond donors (Lipinski definition) is 1.